The molecule has 3 rings (SSSR count). The number of piperidine rings is 1. The van der Waals surface area contributed by atoms with Gasteiger partial charge < -0.3 is 19.3 Å². The van der Waals surface area contributed by atoms with Gasteiger partial charge >= 0.3 is 11.9 Å². The molecule has 0 unspecified atom stereocenters. The normalized spacial score (nSPS) is 17.0. The Labute approximate surface area is 176 Å². The molecule has 0 aromatic heterocycles. The fourth-order valence-corrected chi connectivity index (χ4v) is 3.55. The maximum Gasteiger partial charge on any atom is 0.355 e. The van der Waals surface area contributed by atoms with Crippen LogP contribution in [0.25, 0.3) is 0 Å². The molecule has 7 nitrogen and oxygen atoms in total. The van der Waals surface area contributed by atoms with Crippen LogP contribution in [0.5, 0.6) is 0 Å². The molecule has 158 valence electrons. The first-order valence-corrected chi connectivity index (χ1v) is 9.90. The standard InChI is InChI=1S/C23H26N2O5/c1-16-10-13-24(14-11-16)21(26)17-7-6-8-18(15-17)25-12-5-4-9-19(22(27)29-2)20(25)23(28)30-3/h4-9,12,15-16H,10-11,13-14H2,1-3H3. The Morgan fingerprint density at radius 3 is 2.37 bits per heavy atom. The van der Waals surface area contributed by atoms with Crippen LogP contribution in [-0.2, 0) is 19.1 Å². The molecule has 7 heteroatoms. The zero-order valence-corrected chi connectivity index (χ0v) is 17.5. The van der Waals surface area contributed by atoms with Gasteiger partial charge in [-0.05, 0) is 49.1 Å². The summed E-state index contributed by atoms with van der Waals surface area (Å²) in [6.45, 7) is 3.66. The fourth-order valence-electron chi connectivity index (χ4n) is 3.55. The lowest BCUT2D eigenvalue weighted by Crippen LogP contribution is -2.38. The highest BCUT2D eigenvalue weighted by molar-refractivity contribution is 6.05. The molecule has 1 aromatic rings. The van der Waals surface area contributed by atoms with E-state index in [1.54, 1.807) is 42.6 Å². The van der Waals surface area contributed by atoms with Gasteiger partial charge in [-0.1, -0.05) is 19.1 Å². The molecule has 1 fully saturated rings. The zero-order valence-electron chi connectivity index (χ0n) is 17.5. The van der Waals surface area contributed by atoms with Gasteiger partial charge in [0.05, 0.1) is 19.8 Å². The molecule has 0 aliphatic carbocycles. The highest BCUT2D eigenvalue weighted by Crippen LogP contribution is 2.28. The summed E-state index contributed by atoms with van der Waals surface area (Å²) in [7, 11) is 2.50. The number of methoxy groups -OCH3 is 2. The molecule has 1 aromatic carbocycles. The molecule has 0 bridgehead atoms. The Bertz CT molecular complexity index is 923. The van der Waals surface area contributed by atoms with Crippen LogP contribution in [-0.4, -0.2) is 50.1 Å². The molecule has 2 aliphatic heterocycles. The number of ether oxygens (including phenoxy) is 2. The van der Waals surface area contributed by atoms with Gasteiger partial charge in [0, 0.05) is 30.5 Å². The van der Waals surface area contributed by atoms with Gasteiger partial charge in [-0.15, -0.1) is 0 Å². The van der Waals surface area contributed by atoms with Crippen molar-refractivity contribution in [3.63, 3.8) is 0 Å². The predicted octanol–water partition coefficient (Wildman–Crippen LogP) is 3.05. The Hall–Kier alpha value is -3.35. The summed E-state index contributed by atoms with van der Waals surface area (Å²) in [5.74, 6) is -0.763. The minimum absolute atomic E-state index is 0.0192. The maximum absolute atomic E-state index is 13.0. The minimum atomic E-state index is -0.687. The number of carbonyl (C=O) groups excluding carboxylic acids is 3. The molecule has 0 N–H and O–H groups in total. The molecule has 2 heterocycles. The second-order valence-electron chi connectivity index (χ2n) is 7.34. The highest BCUT2D eigenvalue weighted by Gasteiger charge is 2.28. The second-order valence-corrected chi connectivity index (χ2v) is 7.34. The monoisotopic (exact) mass is 410 g/mol. The van der Waals surface area contributed by atoms with Crippen LogP contribution in [0.2, 0.25) is 0 Å². The van der Waals surface area contributed by atoms with Crippen LogP contribution < -0.4 is 4.90 Å². The van der Waals surface area contributed by atoms with Gasteiger partial charge in [-0.3, -0.25) is 4.79 Å². The summed E-state index contributed by atoms with van der Waals surface area (Å²) in [5.41, 5.74) is 1.17. The average Bonchev–Trinajstić information content (AvgIpc) is 3.01. The first-order valence-electron chi connectivity index (χ1n) is 9.90. The number of hydrogen-bond donors (Lipinski definition) is 0. The molecule has 0 spiro atoms. The van der Waals surface area contributed by atoms with E-state index in [0.717, 1.165) is 25.9 Å². The smallest absolute Gasteiger partial charge is 0.355 e. The van der Waals surface area contributed by atoms with E-state index in [1.807, 2.05) is 4.90 Å². The molecule has 0 saturated carbocycles. The summed E-state index contributed by atoms with van der Waals surface area (Å²) in [5, 5.41) is 0. The number of carbonyl (C=O) groups is 3. The molecule has 0 atom stereocenters. The molecule has 1 amide bonds. The third kappa shape index (κ3) is 4.45. The van der Waals surface area contributed by atoms with E-state index in [-0.39, 0.29) is 17.2 Å². The van der Waals surface area contributed by atoms with Crippen molar-refractivity contribution < 1.29 is 23.9 Å². The van der Waals surface area contributed by atoms with Crippen LogP contribution in [0.4, 0.5) is 5.69 Å². The predicted molar refractivity (Wildman–Crippen MR) is 113 cm³/mol. The van der Waals surface area contributed by atoms with Crippen molar-refractivity contribution in [1.82, 2.24) is 4.90 Å². The van der Waals surface area contributed by atoms with Crippen LogP contribution in [0.3, 0.4) is 0 Å². The number of nitrogens with zero attached hydrogens (tertiary/aromatic N) is 2. The van der Waals surface area contributed by atoms with Crippen molar-refractivity contribution in [2.24, 2.45) is 5.92 Å². The molecule has 2 aliphatic rings. The Morgan fingerprint density at radius 2 is 1.70 bits per heavy atom. The van der Waals surface area contributed by atoms with Crippen LogP contribution in [0.15, 0.2) is 60.0 Å². The topological polar surface area (TPSA) is 76.2 Å². The summed E-state index contributed by atoms with van der Waals surface area (Å²) in [4.78, 5) is 41.2. The molecule has 0 radical (unpaired) electrons. The van der Waals surface area contributed by atoms with Crippen molar-refractivity contribution in [3.8, 4) is 0 Å². The number of anilines is 1. The van der Waals surface area contributed by atoms with E-state index in [0.29, 0.717) is 17.2 Å². The number of hydrogen-bond acceptors (Lipinski definition) is 6. The molecule has 1 saturated heterocycles. The van der Waals surface area contributed by atoms with Gasteiger partial charge in [0.1, 0.15) is 5.70 Å². The van der Waals surface area contributed by atoms with E-state index >= 15 is 0 Å². The van der Waals surface area contributed by atoms with Gasteiger partial charge in [-0.2, -0.15) is 0 Å². The van der Waals surface area contributed by atoms with E-state index in [9.17, 15) is 14.4 Å². The van der Waals surface area contributed by atoms with Crippen molar-refractivity contribution in [3.05, 3.63) is 65.5 Å². The Balaban J connectivity index is 1.99. The largest absolute Gasteiger partial charge is 0.465 e. The minimum Gasteiger partial charge on any atom is -0.465 e. The van der Waals surface area contributed by atoms with Crippen LogP contribution in [0, 0.1) is 5.92 Å². The van der Waals surface area contributed by atoms with Gasteiger partial charge in [-0.25, -0.2) is 9.59 Å². The first kappa shape index (κ1) is 21.4. The van der Waals surface area contributed by atoms with Gasteiger partial charge in [0.25, 0.3) is 5.91 Å². The molecule has 30 heavy (non-hydrogen) atoms. The average molecular weight is 410 g/mol. The van der Waals surface area contributed by atoms with Gasteiger partial charge in [0.15, 0.2) is 0 Å². The van der Waals surface area contributed by atoms with Crippen molar-refractivity contribution >= 4 is 23.5 Å². The molecular formula is C23H26N2O5. The van der Waals surface area contributed by atoms with E-state index < -0.39 is 11.9 Å². The summed E-state index contributed by atoms with van der Waals surface area (Å²) < 4.78 is 9.75. The van der Waals surface area contributed by atoms with E-state index in [2.05, 4.69) is 6.92 Å². The molecular weight excluding hydrogens is 384 g/mol. The lowest BCUT2D eigenvalue weighted by Gasteiger charge is -2.30. The first-order chi connectivity index (χ1) is 14.5. The maximum atomic E-state index is 13.0. The van der Waals surface area contributed by atoms with Crippen LogP contribution >= 0.6 is 0 Å². The summed E-state index contributed by atoms with van der Waals surface area (Å²) >= 11 is 0. The van der Waals surface area contributed by atoms with Crippen molar-refractivity contribution in [1.29, 1.82) is 0 Å². The van der Waals surface area contributed by atoms with E-state index in [1.165, 1.54) is 25.2 Å². The lowest BCUT2D eigenvalue weighted by molar-refractivity contribution is -0.139. The van der Waals surface area contributed by atoms with E-state index in [4.69, 9.17) is 9.47 Å². The second kappa shape index (κ2) is 9.43. The highest BCUT2D eigenvalue weighted by atomic mass is 16.5. The summed E-state index contributed by atoms with van der Waals surface area (Å²) in [6, 6.07) is 7.00. The van der Waals surface area contributed by atoms with Crippen molar-refractivity contribution in [2.75, 3.05) is 32.2 Å². The lowest BCUT2D eigenvalue weighted by atomic mass is 9.98. The number of esters is 2. The number of benzene rings is 1. The quantitative estimate of drug-likeness (QED) is 0.710. The van der Waals surface area contributed by atoms with Crippen molar-refractivity contribution in [2.45, 2.75) is 19.8 Å². The fraction of sp³-hybridized carbons (Fsp3) is 0.348. The third-order valence-electron chi connectivity index (χ3n) is 5.33. The number of allylic oxidation sites excluding steroid dienone is 2. The number of rotatable bonds is 4. The number of amides is 1. The third-order valence-corrected chi connectivity index (χ3v) is 5.33. The van der Waals surface area contributed by atoms with Gasteiger partial charge in [0.2, 0.25) is 0 Å². The zero-order chi connectivity index (χ0) is 21.7. The summed E-state index contributed by atoms with van der Waals surface area (Å²) in [6.07, 6.45) is 8.45. The Morgan fingerprint density at radius 1 is 1.00 bits per heavy atom. The Kier molecular flexibility index (Phi) is 6.72. The number of likely N-dealkylation sites (tertiary alicyclic amines) is 1. The van der Waals surface area contributed by atoms with Crippen LogP contribution in [0.1, 0.15) is 30.1 Å². The SMILES string of the molecule is COC(=O)C1=C(C(=O)OC)N(c2cccc(C(=O)N3CCC(C)CC3)c2)C=CC=C1.